The maximum absolute atomic E-state index is 13.0. The van der Waals surface area contributed by atoms with Crippen LogP contribution in [0.5, 0.6) is 0 Å². The van der Waals surface area contributed by atoms with Crippen LogP contribution in [0.25, 0.3) is 0 Å². The number of benzene rings is 1. The fraction of sp³-hybridized carbons (Fsp3) is 0.389. The zero-order valence-electron chi connectivity index (χ0n) is 15.2. The second kappa shape index (κ2) is 6.77. The Kier molecular flexibility index (Phi) is 4.81. The van der Waals surface area contributed by atoms with Gasteiger partial charge in [-0.2, -0.15) is 0 Å². The van der Waals surface area contributed by atoms with Gasteiger partial charge in [0.15, 0.2) is 0 Å². The van der Waals surface area contributed by atoms with Crippen LogP contribution in [-0.2, 0) is 34.8 Å². The maximum atomic E-state index is 13.0. The fourth-order valence-electron chi connectivity index (χ4n) is 3.45. The Bertz CT molecular complexity index is 936. The van der Waals surface area contributed by atoms with Crippen LogP contribution in [0.2, 0.25) is 0 Å². The molecule has 0 fully saturated rings. The Labute approximate surface area is 154 Å². The predicted octanol–water partition coefficient (Wildman–Crippen LogP) is 1.08. The highest BCUT2D eigenvalue weighted by Crippen LogP contribution is 2.26. The zero-order chi connectivity index (χ0) is 19.1. The number of carbonyl (C=O) groups is 1. The van der Waals surface area contributed by atoms with E-state index in [1.54, 1.807) is 11.6 Å². The quantitative estimate of drug-likeness (QED) is 0.868. The SMILES string of the molecule is CC1CN(C)c2ccccc2CN1C(=O)Cc1cc(S(N)(=O)=O)cn1C. The minimum absolute atomic E-state index is 0.0248. The Morgan fingerprint density at radius 1 is 1.27 bits per heavy atom. The number of hydrogen-bond acceptors (Lipinski definition) is 4. The smallest absolute Gasteiger partial charge is 0.239 e. The summed E-state index contributed by atoms with van der Waals surface area (Å²) in [6, 6.07) is 9.57. The molecule has 2 aromatic rings. The lowest BCUT2D eigenvalue weighted by molar-refractivity contribution is -0.133. The summed E-state index contributed by atoms with van der Waals surface area (Å²) in [5.41, 5.74) is 2.85. The average Bonchev–Trinajstić information content (AvgIpc) is 2.87. The summed E-state index contributed by atoms with van der Waals surface area (Å²) in [4.78, 5) is 17.0. The molecule has 2 heterocycles. The molecule has 7 nitrogen and oxygen atoms in total. The normalized spacial score (nSPS) is 17.8. The summed E-state index contributed by atoms with van der Waals surface area (Å²) < 4.78 is 24.7. The Hall–Kier alpha value is -2.32. The predicted molar refractivity (Wildman–Crippen MR) is 100 cm³/mol. The van der Waals surface area contributed by atoms with Gasteiger partial charge in [-0.1, -0.05) is 18.2 Å². The molecule has 1 aliphatic heterocycles. The molecule has 0 bridgehead atoms. The molecule has 3 rings (SSSR count). The van der Waals surface area contributed by atoms with E-state index in [2.05, 4.69) is 11.0 Å². The van der Waals surface area contributed by atoms with Crippen molar-refractivity contribution < 1.29 is 13.2 Å². The standard InChI is InChI=1S/C18H24N4O3S/c1-13-10-21(3)17-7-5-4-6-14(17)11-22(13)18(23)9-15-8-16(12-20(15)2)26(19,24)25/h4-8,12-13H,9-11H2,1-3H3,(H2,19,24,25). The van der Waals surface area contributed by atoms with Crippen LogP contribution >= 0.6 is 0 Å². The summed E-state index contributed by atoms with van der Waals surface area (Å²) >= 11 is 0. The summed E-state index contributed by atoms with van der Waals surface area (Å²) in [5.74, 6) is -0.0372. The number of aromatic nitrogens is 1. The molecular weight excluding hydrogens is 352 g/mol. The van der Waals surface area contributed by atoms with E-state index in [0.717, 1.165) is 17.8 Å². The number of nitrogens with zero attached hydrogens (tertiary/aromatic N) is 3. The Balaban J connectivity index is 1.85. The maximum Gasteiger partial charge on any atom is 0.239 e. The molecule has 1 unspecified atom stereocenters. The van der Waals surface area contributed by atoms with Gasteiger partial charge >= 0.3 is 0 Å². The van der Waals surface area contributed by atoms with Crippen LogP contribution in [0.4, 0.5) is 5.69 Å². The van der Waals surface area contributed by atoms with Gasteiger partial charge in [-0.3, -0.25) is 4.79 Å². The average molecular weight is 376 g/mol. The molecule has 0 spiro atoms. The Morgan fingerprint density at radius 3 is 2.62 bits per heavy atom. The van der Waals surface area contributed by atoms with E-state index in [4.69, 9.17) is 5.14 Å². The number of amides is 1. The third kappa shape index (κ3) is 3.61. The first kappa shape index (κ1) is 18.5. The van der Waals surface area contributed by atoms with E-state index in [-0.39, 0.29) is 23.3 Å². The third-order valence-electron chi connectivity index (χ3n) is 4.88. The molecule has 1 atom stereocenters. The van der Waals surface area contributed by atoms with Crippen LogP contribution < -0.4 is 10.0 Å². The molecule has 0 saturated carbocycles. The van der Waals surface area contributed by atoms with Gasteiger partial charge in [-0.15, -0.1) is 0 Å². The van der Waals surface area contributed by atoms with Crippen molar-refractivity contribution in [1.29, 1.82) is 0 Å². The van der Waals surface area contributed by atoms with Crippen molar-refractivity contribution >= 4 is 21.6 Å². The van der Waals surface area contributed by atoms with Crippen LogP contribution in [0.3, 0.4) is 0 Å². The van der Waals surface area contributed by atoms with E-state index >= 15 is 0 Å². The monoisotopic (exact) mass is 376 g/mol. The summed E-state index contributed by atoms with van der Waals surface area (Å²) in [6.45, 7) is 3.30. The number of para-hydroxylation sites is 1. The molecule has 26 heavy (non-hydrogen) atoms. The van der Waals surface area contributed by atoms with Gasteiger partial charge in [0.1, 0.15) is 0 Å². The second-order valence-electron chi connectivity index (χ2n) is 6.88. The van der Waals surface area contributed by atoms with Crippen molar-refractivity contribution in [2.75, 3.05) is 18.5 Å². The summed E-state index contributed by atoms with van der Waals surface area (Å²) in [5, 5.41) is 5.18. The first-order valence-electron chi connectivity index (χ1n) is 8.43. The molecule has 0 aliphatic carbocycles. The van der Waals surface area contributed by atoms with Crippen LogP contribution in [0, 0.1) is 0 Å². The number of primary sulfonamides is 1. The minimum Gasteiger partial charge on any atom is -0.372 e. The third-order valence-corrected chi connectivity index (χ3v) is 5.76. The van der Waals surface area contributed by atoms with Crippen molar-refractivity contribution in [3.8, 4) is 0 Å². The van der Waals surface area contributed by atoms with Crippen molar-refractivity contribution in [3.05, 3.63) is 47.8 Å². The number of likely N-dealkylation sites (N-methyl/N-ethyl adjacent to an activating group) is 1. The van der Waals surface area contributed by atoms with Gasteiger partial charge in [0.25, 0.3) is 0 Å². The summed E-state index contributed by atoms with van der Waals surface area (Å²) in [6.07, 6.45) is 1.56. The van der Waals surface area contributed by atoms with E-state index in [9.17, 15) is 13.2 Å². The highest BCUT2D eigenvalue weighted by atomic mass is 32.2. The van der Waals surface area contributed by atoms with Crippen LogP contribution in [-0.4, -0.2) is 43.4 Å². The number of carbonyl (C=O) groups excluding carboxylic acids is 1. The van der Waals surface area contributed by atoms with E-state index < -0.39 is 10.0 Å². The number of nitrogens with two attached hydrogens (primary N) is 1. The number of aryl methyl sites for hydroxylation is 1. The number of rotatable bonds is 3. The first-order chi connectivity index (χ1) is 12.2. The minimum atomic E-state index is -3.78. The highest BCUT2D eigenvalue weighted by molar-refractivity contribution is 7.89. The van der Waals surface area contributed by atoms with Gasteiger partial charge in [0, 0.05) is 50.8 Å². The molecule has 1 aliphatic rings. The lowest BCUT2D eigenvalue weighted by Gasteiger charge is -2.28. The summed E-state index contributed by atoms with van der Waals surface area (Å²) in [7, 11) is -0.0402. The second-order valence-corrected chi connectivity index (χ2v) is 8.44. The first-order valence-corrected chi connectivity index (χ1v) is 9.98. The van der Waals surface area contributed by atoms with E-state index in [1.165, 1.54) is 12.3 Å². The molecular formula is C18H24N4O3S. The molecule has 140 valence electrons. The number of anilines is 1. The lowest BCUT2D eigenvalue weighted by atomic mass is 10.1. The Morgan fingerprint density at radius 2 is 1.96 bits per heavy atom. The molecule has 0 radical (unpaired) electrons. The van der Waals surface area contributed by atoms with Crippen LogP contribution in [0.1, 0.15) is 18.2 Å². The van der Waals surface area contributed by atoms with Gasteiger partial charge in [-0.05, 0) is 24.6 Å². The van der Waals surface area contributed by atoms with Crippen LogP contribution in [0.15, 0.2) is 41.4 Å². The zero-order valence-corrected chi connectivity index (χ0v) is 16.0. The molecule has 8 heteroatoms. The van der Waals surface area contributed by atoms with Gasteiger partial charge in [0.2, 0.25) is 15.9 Å². The number of fused-ring (bicyclic) bond motifs is 1. The molecule has 1 amide bonds. The number of hydrogen-bond donors (Lipinski definition) is 1. The largest absolute Gasteiger partial charge is 0.372 e. The van der Waals surface area contributed by atoms with E-state index in [1.807, 2.05) is 37.1 Å². The molecule has 0 saturated heterocycles. The fourth-order valence-corrected chi connectivity index (χ4v) is 4.05. The van der Waals surface area contributed by atoms with E-state index in [0.29, 0.717) is 12.2 Å². The van der Waals surface area contributed by atoms with Crippen molar-refractivity contribution in [2.24, 2.45) is 12.2 Å². The van der Waals surface area contributed by atoms with Gasteiger partial charge in [0.05, 0.1) is 11.3 Å². The van der Waals surface area contributed by atoms with Crippen molar-refractivity contribution in [1.82, 2.24) is 9.47 Å². The molecule has 1 aromatic heterocycles. The molecule has 2 N–H and O–H groups in total. The van der Waals surface area contributed by atoms with Gasteiger partial charge in [-0.25, -0.2) is 13.6 Å². The number of sulfonamides is 1. The highest BCUT2D eigenvalue weighted by Gasteiger charge is 2.27. The van der Waals surface area contributed by atoms with Crippen molar-refractivity contribution in [3.63, 3.8) is 0 Å². The lowest BCUT2D eigenvalue weighted by Crippen LogP contribution is -2.42. The van der Waals surface area contributed by atoms with Crippen molar-refractivity contribution in [2.45, 2.75) is 30.8 Å². The topological polar surface area (TPSA) is 88.6 Å². The van der Waals surface area contributed by atoms with Gasteiger partial charge < -0.3 is 14.4 Å². The molecule has 1 aromatic carbocycles.